The predicted octanol–water partition coefficient (Wildman–Crippen LogP) is 5.51. The summed E-state index contributed by atoms with van der Waals surface area (Å²) in [6.07, 6.45) is 1.48. The Labute approximate surface area is 141 Å². The Kier molecular flexibility index (Phi) is 4.91. The molecule has 1 aromatic carbocycles. The SMILES string of the molecule is CC(C)c1cc(Br)cc(C=C(F)B2OC(C)(C)C(C)(C)O2)c1. The molecule has 2 rings (SSSR count). The number of hydrogen-bond donors (Lipinski definition) is 0. The van der Waals surface area contributed by atoms with E-state index in [0.717, 1.165) is 15.6 Å². The van der Waals surface area contributed by atoms with Gasteiger partial charge in [-0.15, -0.1) is 0 Å². The highest BCUT2D eigenvalue weighted by Gasteiger charge is 2.53. The fourth-order valence-corrected chi connectivity index (χ4v) is 2.76. The molecule has 1 aliphatic rings. The molecule has 5 heteroatoms. The van der Waals surface area contributed by atoms with Gasteiger partial charge in [-0.25, -0.2) is 4.39 Å². The molecule has 0 N–H and O–H groups in total. The minimum Gasteiger partial charge on any atom is -0.398 e. The molecule has 0 spiro atoms. The van der Waals surface area contributed by atoms with E-state index in [4.69, 9.17) is 9.31 Å². The normalized spacial score (nSPS) is 20.8. The van der Waals surface area contributed by atoms with E-state index in [1.54, 1.807) is 0 Å². The molecule has 0 aliphatic carbocycles. The summed E-state index contributed by atoms with van der Waals surface area (Å²) in [5.74, 6) is 0.379. The van der Waals surface area contributed by atoms with Crippen LogP contribution >= 0.6 is 15.9 Å². The van der Waals surface area contributed by atoms with Crippen molar-refractivity contribution in [3.63, 3.8) is 0 Å². The lowest BCUT2D eigenvalue weighted by atomic mass is 9.86. The highest BCUT2D eigenvalue weighted by Crippen LogP contribution is 2.39. The van der Waals surface area contributed by atoms with Gasteiger partial charge in [-0.2, -0.15) is 0 Å². The van der Waals surface area contributed by atoms with Gasteiger partial charge in [-0.1, -0.05) is 35.8 Å². The molecule has 0 saturated carbocycles. The van der Waals surface area contributed by atoms with Crippen molar-refractivity contribution in [3.05, 3.63) is 39.5 Å². The maximum absolute atomic E-state index is 14.5. The average molecular weight is 369 g/mol. The van der Waals surface area contributed by atoms with E-state index in [1.165, 1.54) is 6.08 Å². The Bertz CT molecular complexity index is 580. The minimum absolute atomic E-state index is 0.379. The van der Waals surface area contributed by atoms with E-state index in [2.05, 4.69) is 35.8 Å². The van der Waals surface area contributed by atoms with Gasteiger partial charge in [-0.05, 0) is 62.9 Å². The number of hydrogen-bond acceptors (Lipinski definition) is 2. The lowest BCUT2D eigenvalue weighted by Gasteiger charge is -2.32. The number of benzene rings is 1. The Morgan fingerprint density at radius 3 is 2.18 bits per heavy atom. The molecule has 1 fully saturated rings. The Morgan fingerprint density at radius 2 is 1.68 bits per heavy atom. The van der Waals surface area contributed by atoms with E-state index >= 15 is 0 Å². The maximum Gasteiger partial charge on any atom is 0.525 e. The van der Waals surface area contributed by atoms with Gasteiger partial charge in [0.2, 0.25) is 0 Å². The molecule has 0 radical (unpaired) electrons. The molecule has 0 aromatic heterocycles. The van der Waals surface area contributed by atoms with E-state index in [1.807, 2.05) is 39.8 Å². The Hall–Kier alpha value is -0.645. The fraction of sp³-hybridized carbons (Fsp3) is 0.529. The van der Waals surface area contributed by atoms with Crippen LogP contribution in [0.2, 0.25) is 0 Å². The number of halogens is 2. The number of rotatable bonds is 3. The zero-order valence-electron chi connectivity index (χ0n) is 14.0. The van der Waals surface area contributed by atoms with Crippen LogP contribution in [0.4, 0.5) is 4.39 Å². The lowest BCUT2D eigenvalue weighted by Crippen LogP contribution is -2.41. The lowest BCUT2D eigenvalue weighted by molar-refractivity contribution is 0.00578. The molecule has 0 unspecified atom stereocenters. The van der Waals surface area contributed by atoms with Crippen LogP contribution in [0.1, 0.15) is 58.6 Å². The molecular weight excluding hydrogens is 346 g/mol. The van der Waals surface area contributed by atoms with Crippen LogP contribution in [0.15, 0.2) is 28.4 Å². The van der Waals surface area contributed by atoms with Crippen molar-refractivity contribution in [1.29, 1.82) is 0 Å². The molecule has 1 aromatic rings. The van der Waals surface area contributed by atoms with Gasteiger partial charge in [-0.3, -0.25) is 0 Å². The minimum atomic E-state index is -0.952. The molecule has 0 amide bonds. The van der Waals surface area contributed by atoms with E-state index in [9.17, 15) is 4.39 Å². The first-order valence-electron chi connectivity index (χ1n) is 7.55. The average Bonchev–Trinajstić information content (AvgIpc) is 2.57. The highest BCUT2D eigenvalue weighted by molar-refractivity contribution is 9.10. The van der Waals surface area contributed by atoms with Crippen molar-refractivity contribution in [2.75, 3.05) is 0 Å². The van der Waals surface area contributed by atoms with Crippen LogP contribution in [0, 0.1) is 0 Å². The third kappa shape index (κ3) is 3.63. The molecule has 1 aliphatic heterocycles. The highest BCUT2D eigenvalue weighted by atomic mass is 79.9. The first-order chi connectivity index (χ1) is 10.0. The summed E-state index contributed by atoms with van der Waals surface area (Å²) in [4.78, 5) is 0. The second kappa shape index (κ2) is 6.10. The summed E-state index contributed by atoms with van der Waals surface area (Å²) in [5.41, 5.74) is 0.464. The van der Waals surface area contributed by atoms with Gasteiger partial charge < -0.3 is 9.31 Å². The Balaban J connectivity index is 2.27. The van der Waals surface area contributed by atoms with Crippen molar-refractivity contribution >= 4 is 29.1 Å². The topological polar surface area (TPSA) is 18.5 Å². The maximum atomic E-state index is 14.5. The van der Waals surface area contributed by atoms with Crippen LogP contribution in [-0.4, -0.2) is 18.3 Å². The van der Waals surface area contributed by atoms with Crippen LogP contribution in [0.25, 0.3) is 6.08 Å². The van der Waals surface area contributed by atoms with Gasteiger partial charge in [0.25, 0.3) is 0 Å². The molecule has 22 heavy (non-hydrogen) atoms. The van der Waals surface area contributed by atoms with E-state index in [-0.39, 0.29) is 0 Å². The third-order valence-corrected chi connectivity index (χ3v) is 4.85. The molecule has 1 heterocycles. The summed E-state index contributed by atoms with van der Waals surface area (Å²) in [6, 6.07) is 5.92. The van der Waals surface area contributed by atoms with Crippen molar-refractivity contribution in [2.24, 2.45) is 0 Å². The van der Waals surface area contributed by atoms with Crippen LogP contribution < -0.4 is 0 Å². The van der Waals surface area contributed by atoms with Gasteiger partial charge >= 0.3 is 7.12 Å². The largest absolute Gasteiger partial charge is 0.525 e. The first-order valence-corrected chi connectivity index (χ1v) is 8.34. The van der Waals surface area contributed by atoms with Crippen molar-refractivity contribution in [2.45, 2.75) is 58.7 Å². The molecular formula is C17H23BBrFO2. The predicted molar refractivity (Wildman–Crippen MR) is 93.4 cm³/mol. The summed E-state index contributed by atoms with van der Waals surface area (Å²) >= 11 is 3.48. The van der Waals surface area contributed by atoms with Crippen molar-refractivity contribution in [1.82, 2.24) is 0 Å². The van der Waals surface area contributed by atoms with Crippen molar-refractivity contribution < 1.29 is 13.7 Å². The molecule has 2 nitrogen and oxygen atoms in total. The zero-order chi connectivity index (χ0) is 16.7. The van der Waals surface area contributed by atoms with Crippen LogP contribution in [0.3, 0.4) is 0 Å². The third-order valence-electron chi connectivity index (χ3n) is 4.39. The van der Waals surface area contributed by atoms with Gasteiger partial charge in [0.05, 0.1) is 11.2 Å². The Morgan fingerprint density at radius 1 is 1.14 bits per heavy atom. The summed E-state index contributed by atoms with van der Waals surface area (Å²) in [6.45, 7) is 11.9. The van der Waals surface area contributed by atoms with Gasteiger partial charge in [0, 0.05) is 4.47 Å². The second-order valence-electron chi connectivity index (χ2n) is 7.09. The van der Waals surface area contributed by atoms with E-state index < -0.39 is 24.0 Å². The smallest absolute Gasteiger partial charge is 0.398 e. The monoisotopic (exact) mass is 368 g/mol. The van der Waals surface area contributed by atoms with Gasteiger partial charge in [0.15, 0.2) is 0 Å². The summed E-state index contributed by atoms with van der Waals surface area (Å²) in [5, 5.41) is 0. The molecule has 0 bridgehead atoms. The zero-order valence-corrected chi connectivity index (χ0v) is 15.6. The van der Waals surface area contributed by atoms with Crippen LogP contribution in [-0.2, 0) is 9.31 Å². The quantitative estimate of drug-likeness (QED) is 0.654. The molecule has 120 valence electrons. The second-order valence-corrected chi connectivity index (χ2v) is 8.01. The summed E-state index contributed by atoms with van der Waals surface area (Å²) < 4.78 is 26.9. The molecule has 0 atom stereocenters. The summed E-state index contributed by atoms with van der Waals surface area (Å²) in [7, 11) is -0.952. The van der Waals surface area contributed by atoms with Crippen LogP contribution in [0.5, 0.6) is 0 Å². The van der Waals surface area contributed by atoms with Gasteiger partial charge in [0.1, 0.15) is 5.73 Å². The first kappa shape index (κ1) is 17.7. The standard InChI is InChI=1S/C17H23BBrFO2/c1-11(2)13-7-12(8-14(19)10-13)9-15(20)18-21-16(3,4)17(5,6)22-18/h7-11H,1-6H3. The fourth-order valence-electron chi connectivity index (χ4n) is 2.24. The molecule has 1 saturated heterocycles. The van der Waals surface area contributed by atoms with Crippen molar-refractivity contribution in [3.8, 4) is 0 Å². The van der Waals surface area contributed by atoms with E-state index in [0.29, 0.717) is 5.92 Å².